The zero-order chi connectivity index (χ0) is 23.5. The van der Waals surface area contributed by atoms with Gasteiger partial charge in [-0.1, -0.05) is 6.92 Å². The minimum Gasteiger partial charge on any atom is -0.542 e. The fraction of sp³-hybridized carbons (Fsp3) is 0.706. The molecule has 0 amide bonds. The number of aliphatic hydroxyl groups is 2. The third kappa shape index (κ3) is 31.4. The molecular weight excluding hydrogens is 378 g/mol. The molecule has 166 valence electrons. The maximum atomic E-state index is 11.0. The number of esters is 3. The molecule has 0 aromatic carbocycles. The van der Waals surface area contributed by atoms with Crippen LogP contribution >= 0.6 is 0 Å². The Labute approximate surface area is 165 Å². The first-order valence-electron chi connectivity index (χ1n) is 8.15. The Morgan fingerprint density at radius 2 is 1.36 bits per heavy atom. The second-order valence-electron chi connectivity index (χ2n) is 6.00. The van der Waals surface area contributed by atoms with Gasteiger partial charge in [0.2, 0.25) is 0 Å². The summed E-state index contributed by atoms with van der Waals surface area (Å²) >= 11 is 0. The highest BCUT2D eigenvalue weighted by molar-refractivity contribution is 6.30. The molecule has 0 aromatic heterocycles. The Morgan fingerprint density at radius 3 is 1.50 bits per heavy atom. The third-order valence-corrected chi connectivity index (χ3v) is 2.24. The van der Waals surface area contributed by atoms with Gasteiger partial charge in [-0.2, -0.15) is 0 Å². The molecule has 0 aromatic rings. The largest absolute Gasteiger partial charge is 0.542 e. The Balaban J connectivity index is -0.000000162. The number of hydrogen-bond donors (Lipinski definition) is 2. The number of carbonyl (C=O) groups is 5. The van der Waals surface area contributed by atoms with Crippen LogP contribution in [0.4, 0.5) is 0 Å². The number of hydrogen-bond acceptors (Lipinski definition) is 10. The Hall–Kier alpha value is -2.37. The van der Waals surface area contributed by atoms with Crippen molar-refractivity contribution < 1.29 is 53.2 Å². The van der Waals surface area contributed by atoms with E-state index in [1.54, 1.807) is 6.92 Å². The van der Waals surface area contributed by atoms with Gasteiger partial charge in [0.15, 0.2) is 11.9 Å². The van der Waals surface area contributed by atoms with Crippen LogP contribution in [-0.4, -0.2) is 91.9 Å². The van der Waals surface area contributed by atoms with Crippen molar-refractivity contribution >= 4 is 29.7 Å². The molecule has 0 fully saturated rings. The molecule has 11 heteroatoms. The molecule has 2 N–H and O–H groups in total. The summed E-state index contributed by atoms with van der Waals surface area (Å²) in [6, 6.07) is 0. The van der Waals surface area contributed by atoms with E-state index in [1.807, 2.05) is 0 Å². The summed E-state index contributed by atoms with van der Waals surface area (Å²) in [7, 11) is 7.16. The highest BCUT2D eigenvalue weighted by Crippen LogP contribution is 2.01. The Kier molecular flexibility index (Phi) is 23.0. The molecule has 0 heterocycles. The van der Waals surface area contributed by atoms with E-state index in [9.17, 15) is 29.1 Å². The fourth-order valence-corrected chi connectivity index (χ4v) is 1.01. The van der Waals surface area contributed by atoms with E-state index in [2.05, 4.69) is 30.6 Å². The monoisotopic (exact) mass is 411 g/mol. The molecule has 0 radical (unpaired) electrons. The second-order valence-corrected chi connectivity index (χ2v) is 6.00. The van der Waals surface area contributed by atoms with E-state index >= 15 is 0 Å². The lowest BCUT2D eigenvalue weighted by Gasteiger charge is -2.21. The first-order chi connectivity index (χ1) is 12.7. The summed E-state index contributed by atoms with van der Waals surface area (Å²) in [5.74, 6) is -4.68. The minimum atomic E-state index is -1.63. The molecule has 0 aliphatic carbocycles. The van der Waals surface area contributed by atoms with E-state index in [0.29, 0.717) is 0 Å². The van der Waals surface area contributed by atoms with Crippen molar-refractivity contribution in [2.75, 3.05) is 41.4 Å². The molecule has 28 heavy (non-hydrogen) atoms. The lowest BCUT2D eigenvalue weighted by Crippen LogP contribution is -2.36. The van der Waals surface area contributed by atoms with Crippen LogP contribution in [0.2, 0.25) is 0 Å². The van der Waals surface area contributed by atoms with Gasteiger partial charge in [-0.05, 0) is 6.42 Å². The number of Topliss-reactive ketones (excluding diaryl/α,β-unsaturated/α-hetero) is 1. The van der Waals surface area contributed by atoms with E-state index in [1.165, 1.54) is 6.92 Å². The smallest absolute Gasteiger partial charge is 0.355 e. The molecule has 0 aliphatic rings. The zero-order valence-corrected chi connectivity index (χ0v) is 17.8. The number of ketones is 1. The molecule has 0 saturated carbocycles. The van der Waals surface area contributed by atoms with Crippen molar-refractivity contribution in [3.63, 3.8) is 0 Å². The number of carboxylic acids is 1. The molecule has 1 unspecified atom stereocenters. The topological polar surface area (TPSA) is 167 Å². The van der Waals surface area contributed by atoms with E-state index < -0.39 is 35.8 Å². The van der Waals surface area contributed by atoms with Crippen LogP contribution < -0.4 is 5.11 Å². The standard InChI is InChI=1S/C8H12O5.C5H14NO.C3H4O3.CH4O/c1-4-7(12-5(2)9)8(11)13-6(3)10;1-6(2,3)4-5-7;1-2(4)3(5)6;1-2/h7H,4H2,1-3H3;7H,4-5H2,1-3H3;1H3,(H,5,6);2H,1H3/q;+1;;/p-1. The van der Waals surface area contributed by atoms with Crippen molar-refractivity contribution in [3.8, 4) is 0 Å². The van der Waals surface area contributed by atoms with Gasteiger partial charge in [0.1, 0.15) is 12.5 Å². The van der Waals surface area contributed by atoms with Crippen molar-refractivity contribution in [2.24, 2.45) is 0 Å². The van der Waals surface area contributed by atoms with E-state index in [4.69, 9.17) is 10.2 Å². The number of ether oxygens (including phenoxy) is 2. The molecule has 0 aliphatic heterocycles. The lowest BCUT2D eigenvalue weighted by atomic mass is 10.3. The summed E-state index contributed by atoms with van der Waals surface area (Å²) in [6.07, 6.45) is -0.701. The van der Waals surface area contributed by atoms with Gasteiger partial charge >= 0.3 is 17.9 Å². The van der Waals surface area contributed by atoms with Gasteiger partial charge < -0.3 is 34.1 Å². The maximum absolute atomic E-state index is 11.0. The SMILES string of the molecule is CC(=O)C(=O)[O-].CCC(OC(C)=O)C(=O)OC(C)=O.CO.C[N+](C)(C)CCO. The molecule has 1 atom stereocenters. The van der Waals surface area contributed by atoms with Gasteiger partial charge in [-0.25, -0.2) is 4.79 Å². The highest BCUT2D eigenvalue weighted by Gasteiger charge is 2.22. The number of aliphatic hydroxyl groups excluding tert-OH is 2. The highest BCUT2D eigenvalue weighted by atomic mass is 16.6. The van der Waals surface area contributed by atoms with Gasteiger partial charge in [0.25, 0.3) is 0 Å². The second kappa shape index (κ2) is 19.4. The van der Waals surface area contributed by atoms with Crippen LogP contribution in [0.5, 0.6) is 0 Å². The van der Waals surface area contributed by atoms with Crippen LogP contribution in [0.15, 0.2) is 0 Å². The molecule has 11 nitrogen and oxygen atoms in total. The van der Waals surface area contributed by atoms with Crippen LogP contribution in [0.1, 0.15) is 34.1 Å². The summed E-state index contributed by atoms with van der Waals surface area (Å²) < 4.78 is 9.69. The summed E-state index contributed by atoms with van der Waals surface area (Å²) in [5, 5.41) is 24.6. The Morgan fingerprint density at radius 1 is 0.964 bits per heavy atom. The normalized spacial score (nSPS) is 10.2. The molecular formula is C17H33NO10. The molecule has 0 spiro atoms. The van der Waals surface area contributed by atoms with Crippen LogP contribution in [0.25, 0.3) is 0 Å². The first kappa shape index (κ1) is 33.2. The van der Waals surface area contributed by atoms with Crippen LogP contribution in [0.3, 0.4) is 0 Å². The summed E-state index contributed by atoms with van der Waals surface area (Å²) in [6.45, 7) is 6.00. The number of likely N-dealkylation sites (N-methyl/N-ethyl adjacent to an activating group) is 1. The van der Waals surface area contributed by atoms with Gasteiger partial charge in [0.05, 0.1) is 27.7 Å². The summed E-state index contributed by atoms with van der Waals surface area (Å²) in [5.41, 5.74) is 0. The quantitative estimate of drug-likeness (QED) is 0.217. The minimum absolute atomic E-state index is 0.281. The predicted octanol–water partition coefficient (Wildman–Crippen LogP) is -1.96. The zero-order valence-electron chi connectivity index (χ0n) is 17.8. The first-order valence-corrected chi connectivity index (χ1v) is 8.15. The molecule has 0 saturated heterocycles. The Bertz CT molecular complexity index is 471. The number of carbonyl (C=O) groups excluding carboxylic acids is 5. The van der Waals surface area contributed by atoms with Crippen molar-refractivity contribution in [1.82, 2.24) is 0 Å². The number of aliphatic carboxylic acids is 1. The van der Waals surface area contributed by atoms with E-state index in [0.717, 1.165) is 32.0 Å². The molecule has 0 bridgehead atoms. The van der Waals surface area contributed by atoms with Crippen LogP contribution in [-0.2, 0) is 33.4 Å². The maximum Gasteiger partial charge on any atom is 0.355 e. The number of quaternary nitrogens is 1. The summed E-state index contributed by atoms with van der Waals surface area (Å²) in [4.78, 5) is 50.6. The number of carboxylic acid groups (broad SMARTS) is 1. The van der Waals surface area contributed by atoms with Crippen molar-refractivity contribution in [2.45, 2.75) is 40.2 Å². The third-order valence-electron chi connectivity index (χ3n) is 2.24. The average molecular weight is 411 g/mol. The van der Waals surface area contributed by atoms with Crippen LogP contribution in [0, 0.1) is 0 Å². The van der Waals surface area contributed by atoms with Gasteiger partial charge in [-0.3, -0.25) is 14.4 Å². The average Bonchev–Trinajstić information content (AvgIpc) is 2.53. The van der Waals surface area contributed by atoms with Crippen molar-refractivity contribution in [1.29, 1.82) is 0 Å². The van der Waals surface area contributed by atoms with Crippen molar-refractivity contribution in [3.05, 3.63) is 0 Å². The number of nitrogens with zero attached hydrogens (tertiary/aromatic N) is 1. The van der Waals surface area contributed by atoms with Gasteiger partial charge in [-0.15, -0.1) is 0 Å². The predicted molar refractivity (Wildman–Crippen MR) is 96.4 cm³/mol. The van der Waals surface area contributed by atoms with Gasteiger partial charge in [0, 0.05) is 27.9 Å². The fourth-order valence-electron chi connectivity index (χ4n) is 1.01. The number of rotatable bonds is 6. The lowest BCUT2D eigenvalue weighted by molar-refractivity contribution is -0.870. The van der Waals surface area contributed by atoms with E-state index in [-0.39, 0.29) is 13.0 Å². The molecule has 0 rings (SSSR count).